The molecule has 0 fully saturated rings. The van der Waals surface area contributed by atoms with Crippen molar-refractivity contribution in [3.63, 3.8) is 0 Å². The molecule has 0 saturated heterocycles. The molecule has 8 heteroatoms. The summed E-state index contributed by atoms with van der Waals surface area (Å²) in [4.78, 5) is 28.6. The van der Waals surface area contributed by atoms with Crippen molar-refractivity contribution < 1.29 is 18.0 Å². The van der Waals surface area contributed by atoms with Gasteiger partial charge < -0.3 is 10.2 Å². The maximum atomic E-state index is 14.0. The lowest BCUT2D eigenvalue weighted by molar-refractivity contribution is -0.139. The lowest BCUT2D eigenvalue weighted by Gasteiger charge is -2.33. The fourth-order valence-electron chi connectivity index (χ4n) is 4.39. The Balaban J connectivity index is 2.08. The van der Waals surface area contributed by atoms with Crippen LogP contribution < -0.4 is 9.62 Å². The second kappa shape index (κ2) is 12.5. The number of anilines is 1. The third-order valence-corrected chi connectivity index (χ3v) is 8.48. The molecule has 0 spiro atoms. The summed E-state index contributed by atoms with van der Waals surface area (Å²) in [7, 11) is -4.10. The van der Waals surface area contributed by atoms with Crippen LogP contribution in [0, 0.1) is 27.7 Å². The second-order valence-corrected chi connectivity index (χ2v) is 12.3. The maximum absolute atomic E-state index is 14.0. The second-order valence-electron chi connectivity index (χ2n) is 10.4. The molecule has 0 aromatic heterocycles. The van der Waals surface area contributed by atoms with Gasteiger partial charge in [-0.2, -0.15) is 0 Å². The molecule has 3 rings (SSSR count). The first kappa shape index (κ1) is 29.9. The molecular weight excluding hydrogens is 510 g/mol. The molecule has 1 N–H and O–H groups in total. The summed E-state index contributed by atoms with van der Waals surface area (Å²) in [6.45, 7) is 12.7. The molecule has 0 unspecified atom stereocenters. The highest BCUT2D eigenvalue weighted by Gasteiger charge is 2.33. The molecule has 0 aliphatic carbocycles. The first-order chi connectivity index (χ1) is 18.3. The molecule has 7 nitrogen and oxygen atoms in total. The van der Waals surface area contributed by atoms with Gasteiger partial charge in [0.15, 0.2) is 0 Å². The Morgan fingerprint density at radius 1 is 0.821 bits per heavy atom. The Labute approximate surface area is 232 Å². The fraction of sp³-hybridized carbons (Fsp3) is 0.355. The lowest BCUT2D eigenvalue weighted by atomic mass is 10.1. The number of carbonyl (C=O) groups is 2. The third kappa shape index (κ3) is 7.26. The van der Waals surface area contributed by atoms with Crippen LogP contribution in [0.2, 0.25) is 0 Å². The van der Waals surface area contributed by atoms with E-state index in [-0.39, 0.29) is 23.4 Å². The van der Waals surface area contributed by atoms with Crippen LogP contribution in [-0.4, -0.2) is 43.8 Å². The van der Waals surface area contributed by atoms with E-state index in [4.69, 9.17) is 0 Å². The molecule has 208 valence electrons. The molecule has 3 aromatic carbocycles. The number of carbonyl (C=O) groups excluding carboxylic acids is 2. The number of benzene rings is 3. The van der Waals surface area contributed by atoms with Crippen LogP contribution in [0.4, 0.5) is 5.69 Å². The minimum Gasteiger partial charge on any atom is -0.352 e. The van der Waals surface area contributed by atoms with Crippen molar-refractivity contribution in [1.82, 2.24) is 10.2 Å². The number of nitrogens with zero attached hydrogens (tertiary/aromatic N) is 2. The molecule has 0 aliphatic heterocycles. The molecule has 3 aromatic rings. The number of hydrogen-bond acceptors (Lipinski definition) is 4. The van der Waals surface area contributed by atoms with Crippen LogP contribution in [0.3, 0.4) is 0 Å². The molecule has 1 atom stereocenters. The SMILES string of the molecule is Cc1ccc(S(=O)(=O)N(CC(=O)N(Cc2ccccc2C)[C@@H](C)C(=O)NC(C)C)c2ccc(C)cc2C)cc1. The minimum absolute atomic E-state index is 0.0944. The molecule has 0 radical (unpaired) electrons. The summed E-state index contributed by atoms with van der Waals surface area (Å²) in [6.07, 6.45) is 0. The van der Waals surface area contributed by atoms with Crippen LogP contribution in [0.5, 0.6) is 0 Å². The van der Waals surface area contributed by atoms with E-state index in [1.54, 1.807) is 37.3 Å². The van der Waals surface area contributed by atoms with Crippen molar-refractivity contribution in [3.8, 4) is 0 Å². The summed E-state index contributed by atoms with van der Waals surface area (Å²) in [5.41, 5.74) is 4.92. The van der Waals surface area contributed by atoms with Crippen molar-refractivity contribution in [2.24, 2.45) is 0 Å². The van der Waals surface area contributed by atoms with Crippen molar-refractivity contribution in [1.29, 1.82) is 0 Å². The highest BCUT2D eigenvalue weighted by atomic mass is 32.2. The quantitative estimate of drug-likeness (QED) is 0.383. The van der Waals surface area contributed by atoms with Crippen LogP contribution in [0.1, 0.15) is 48.6 Å². The van der Waals surface area contributed by atoms with Gasteiger partial charge in [0.2, 0.25) is 11.8 Å². The zero-order chi connectivity index (χ0) is 28.9. The Hall–Kier alpha value is -3.65. The minimum atomic E-state index is -4.10. The van der Waals surface area contributed by atoms with Crippen molar-refractivity contribution in [3.05, 3.63) is 94.5 Å². The molecule has 0 heterocycles. The smallest absolute Gasteiger partial charge is 0.264 e. The summed E-state index contributed by atoms with van der Waals surface area (Å²) >= 11 is 0. The number of hydrogen-bond donors (Lipinski definition) is 1. The number of rotatable bonds is 10. The van der Waals surface area contributed by atoms with E-state index in [9.17, 15) is 18.0 Å². The molecule has 0 bridgehead atoms. The van der Waals surface area contributed by atoms with E-state index in [2.05, 4.69) is 5.32 Å². The average molecular weight is 550 g/mol. The van der Waals surface area contributed by atoms with Gasteiger partial charge in [-0.05, 0) is 83.4 Å². The van der Waals surface area contributed by atoms with Crippen molar-refractivity contribution in [2.45, 2.75) is 72.0 Å². The first-order valence-corrected chi connectivity index (χ1v) is 14.6. The molecular formula is C31H39N3O4S. The highest BCUT2D eigenvalue weighted by molar-refractivity contribution is 7.92. The first-order valence-electron chi connectivity index (χ1n) is 13.1. The number of sulfonamides is 1. The van der Waals surface area contributed by atoms with Crippen molar-refractivity contribution >= 4 is 27.5 Å². The monoisotopic (exact) mass is 549 g/mol. The van der Waals surface area contributed by atoms with Gasteiger partial charge >= 0.3 is 0 Å². The molecule has 2 amide bonds. The van der Waals surface area contributed by atoms with Gasteiger partial charge in [-0.3, -0.25) is 13.9 Å². The Morgan fingerprint density at radius 3 is 2.03 bits per heavy atom. The topological polar surface area (TPSA) is 86.8 Å². The molecule has 0 aliphatic rings. The van der Waals surface area contributed by atoms with Crippen LogP contribution in [0.15, 0.2) is 71.6 Å². The van der Waals surface area contributed by atoms with E-state index in [0.29, 0.717) is 5.69 Å². The van der Waals surface area contributed by atoms with Crippen LogP contribution in [0.25, 0.3) is 0 Å². The van der Waals surface area contributed by atoms with Gasteiger partial charge in [-0.15, -0.1) is 0 Å². The largest absolute Gasteiger partial charge is 0.352 e. The predicted molar refractivity (Wildman–Crippen MR) is 156 cm³/mol. The van der Waals surface area contributed by atoms with E-state index in [0.717, 1.165) is 32.1 Å². The molecule has 39 heavy (non-hydrogen) atoms. The normalized spacial score (nSPS) is 12.2. The van der Waals surface area contributed by atoms with Crippen LogP contribution >= 0.6 is 0 Å². The fourth-order valence-corrected chi connectivity index (χ4v) is 5.87. The summed E-state index contributed by atoms with van der Waals surface area (Å²) in [5.74, 6) is -0.772. The molecule has 0 saturated carbocycles. The van der Waals surface area contributed by atoms with Crippen molar-refractivity contribution in [2.75, 3.05) is 10.8 Å². The Morgan fingerprint density at radius 2 is 1.44 bits per heavy atom. The zero-order valence-electron chi connectivity index (χ0n) is 23.9. The number of nitrogens with one attached hydrogen (secondary N) is 1. The highest BCUT2D eigenvalue weighted by Crippen LogP contribution is 2.28. The Kier molecular flexibility index (Phi) is 9.56. The van der Waals surface area contributed by atoms with Gasteiger partial charge in [0.25, 0.3) is 10.0 Å². The van der Waals surface area contributed by atoms with E-state index >= 15 is 0 Å². The van der Waals surface area contributed by atoms with Gasteiger partial charge in [-0.25, -0.2) is 8.42 Å². The standard InChI is InChI=1S/C31H39N3O4S/c1-21(2)32-31(36)26(7)33(19-27-11-9-8-10-24(27)5)30(35)20-34(29-17-14-23(4)18-25(29)6)39(37,38)28-15-12-22(3)13-16-28/h8-18,21,26H,19-20H2,1-7H3,(H,32,36)/t26-/m0/s1. The van der Waals surface area contributed by atoms with E-state index < -0.39 is 28.5 Å². The average Bonchev–Trinajstić information content (AvgIpc) is 2.86. The third-order valence-electron chi connectivity index (χ3n) is 6.71. The summed E-state index contributed by atoms with van der Waals surface area (Å²) in [5, 5.41) is 2.88. The van der Waals surface area contributed by atoms with Gasteiger partial charge in [-0.1, -0.05) is 59.7 Å². The van der Waals surface area contributed by atoms with Gasteiger partial charge in [0, 0.05) is 12.6 Å². The zero-order valence-corrected chi connectivity index (χ0v) is 24.7. The summed E-state index contributed by atoms with van der Waals surface area (Å²) < 4.78 is 29.1. The van der Waals surface area contributed by atoms with E-state index in [1.165, 1.54) is 4.90 Å². The number of amides is 2. The predicted octanol–water partition coefficient (Wildman–Crippen LogP) is 5.06. The maximum Gasteiger partial charge on any atom is 0.264 e. The lowest BCUT2D eigenvalue weighted by Crippen LogP contribution is -2.52. The summed E-state index contributed by atoms with van der Waals surface area (Å²) in [6, 6.07) is 18.7. The van der Waals surface area contributed by atoms with E-state index in [1.807, 2.05) is 77.9 Å². The number of aryl methyl sites for hydroxylation is 4. The Bertz CT molecular complexity index is 1430. The van der Waals surface area contributed by atoms with Gasteiger partial charge in [0.1, 0.15) is 12.6 Å². The van der Waals surface area contributed by atoms with Gasteiger partial charge in [0.05, 0.1) is 10.6 Å². The van der Waals surface area contributed by atoms with Crippen LogP contribution in [-0.2, 0) is 26.2 Å².